The van der Waals surface area contributed by atoms with E-state index in [1.54, 1.807) is 0 Å². The third-order valence-corrected chi connectivity index (χ3v) is 3.04. The van der Waals surface area contributed by atoms with Crippen LogP contribution in [0.25, 0.3) is 0 Å². The molecule has 0 aliphatic carbocycles. The number of aromatic nitrogens is 1. The molecule has 0 bridgehead atoms. The van der Waals surface area contributed by atoms with E-state index in [0.29, 0.717) is 0 Å². The van der Waals surface area contributed by atoms with Crippen molar-refractivity contribution < 1.29 is 0 Å². The van der Waals surface area contributed by atoms with Gasteiger partial charge in [0.1, 0.15) is 0 Å². The Morgan fingerprint density at radius 1 is 1.20 bits per heavy atom. The Bertz CT molecular complexity index is 299. The number of piperazine rings is 1. The van der Waals surface area contributed by atoms with E-state index in [0.717, 1.165) is 32.6 Å². The van der Waals surface area contributed by atoms with E-state index in [4.69, 9.17) is 0 Å². The predicted octanol–water partition coefficient (Wildman–Crippen LogP) is 1.40. The molecule has 0 amide bonds. The first-order valence-electron chi connectivity index (χ1n) is 5.68. The molecule has 1 fully saturated rings. The zero-order valence-corrected chi connectivity index (χ0v) is 9.61. The highest BCUT2D eigenvalue weighted by molar-refractivity contribution is 5.45. The van der Waals surface area contributed by atoms with E-state index in [1.165, 1.54) is 11.4 Å². The first-order chi connectivity index (χ1) is 7.29. The molecule has 0 radical (unpaired) electrons. The minimum atomic E-state index is 1.02. The van der Waals surface area contributed by atoms with E-state index in [9.17, 15) is 0 Å². The summed E-state index contributed by atoms with van der Waals surface area (Å²) >= 11 is 0. The maximum Gasteiger partial charge on any atom is 0.0553 e. The number of pyridine rings is 1. The molecule has 0 unspecified atom stereocenters. The van der Waals surface area contributed by atoms with Crippen LogP contribution < -0.4 is 4.90 Å². The number of nitrogens with zero attached hydrogens (tertiary/aromatic N) is 3. The first kappa shape index (κ1) is 10.4. The molecule has 3 heteroatoms. The molecule has 0 aromatic carbocycles. The summed E-state index contributed by atoms with van der Waals surface area (Å²) in [4.78, 5) is 9.21. The van der Waals surface area contributed by atoms with Gasteiger partial charge in [-0.3, -0.25) is 4.98 Å². The molecular weight excluding hydrogens is 186 g/mol. The average molecular weight is 205 g/mol. The first-order valence-corrected chi connectivity index (χ1v) is 5.68. The lowest BCUT2D eigenvalue weighted by atomic mass is 10.2. The minimum absolute atomic E-state index is 1.02. The molecule has 1 aliphatic heterocycles. The summed E-state index contributed by atoms with van der Waals surface area (Å²) in [7, 11) is 2.18. The van der Waals surface area contributed by atoms with E-state index < -0.39 is 0 Å². The maximum absolute atomic E-state index is 4.44. The second kappa shape index (κ2) is 4.62. The summed E-state index contributed by atoms with van der Waals surface area (Å²) < 4.78 is 0. The minimum Gasteiger partial charge on any atom is -0.368 e. The van der Waals surface area contributed by atoms with Crippen LogP contribution >= 0.6 is 0 Å². The van der Waals surface area contributed by atoms with Crippen LogP contribution in [0.3, 0.4) is 0 Å². The number of hydrogen-bond donors (Lipinski definition) is 0. The van der Waals surface area contributed by atoms with Gasteiger partial charge in [-0.25, -0.2) is 0 Å². The number of likely N-dealkylation sites (N-methyl/N-ethyl adjacent to an activating group) is 1. The van der Waals surface area contributed by atoms with Crippen LogP contribution in [-0.2, 0) is 6.42 Å². The molecule has 2 rings (SSSR count). The van der Waals surface area contributed by atoms with Crippen molar-refractivity contribution in [2.45, 2.75) is 13.3 Å². The Morgan fingerprint density at radius 3 is 2.47 bits per heavy atom. The summed E-state index contributed by atoms with van der Waals surface area (Å²) in [5.41, 5.74) is 2.44. The summed E-state index contributed by atoms with van der Waals surface area (Å²) in [5, 5.41) is 0. The molecule has 2 heterocycles. The van der Waals surface area contributed by atoms with Gasteiger partial charge in [0.2, 0.25) is 0 Å². The van der Waals surface area contributed by atoms with Crippen molar-refractivity contribution in [1.29, 1.82) is 0 Å². The summed E-state index contributed by atoms with van der Waals surface area (Å²) in [6.45, 7) is 6.66. The lowest BCUT2D eigenvalue weighted by molar-refractivity contribution is 0.313. The second-order valence-electron chi connectivity index (χ2n) is 4.15. The highest BCUT2D eigenvalue weighted by Crippen LogP contribution is 2.15. The fourth-order valence-corrected chi connectivity index (χ4v) is 1.88. The third kappa shape index (κ3) is 2.48. The fourth-order valence-electron chi connectivity index (χ4n) is 1.88. The third-order valence-electron chi connectivity index (χ3n) is 3.04. The number of rotatable bonds is 2. The lowest BCUT2D eigenvalue weighted by Crippen LogP contribution is -2.44. The van der Waals surface area contributed by atoms with Gasteiger partial charge in [-0.1, -0.05) is 6.92 Å². The Balaban J connectivity index is 2.03. The standard InChI is InChI=1S/C12H19N3/c1-3-11-4-5-12(10-13-11)15-8-6-14(2)7-9-15/h4-5,10H,3,6-9H2,1-2H3. The molecule has 1 aliphatic rings. The monoisotopic (exact) mass is 205 g/mol. The lowest BCUT2D eigenvalue weighted by Gasteiger charge is -2.33. The molecule has 0 saturated carbocycles. The van der Waals surface area contributed by atoms with Crippen molar-refractivity contribution >= 4 is 5.69 Å². The van der Waals surface area contributed by atoms with Crippen molar-refractivity contribution in [3.63, 3.8) is 0 Å². The van der Waals surface area contributed by atoms with Gasteiger partial charge in [-0.05, 0) is 25.6 Å². The van der Waals surface area contributed by atoms with Crippen LogP contribution in [0.4, 0.5) is 5.69 Å². The number of anilines is 1. The van der Waals surface area contributed by atoms with Gasteiger partial charge >= 0.3 is 0 Å². The van der Waals surface area contributed by atoms with E-state index in [2.05, 4.69) is 40.9 Å². The highest BCUT2D eigenvalue weighted by Gasteiger charge is 2.13. The SMILES string of the molecule is CCc1ccc(N2CCN(C)CC2)cn1. The molecule has 0 N–H and O–H groups in total. The van der Waals surface area contributed by atoms with E-state index >= 15 is 0 Å². The zero-order valence-electron chi connectivity index (χ0n) is 9.61. The molecule has 1 aromatic rings. The molecule has 0 atom stereocenters. The van der Waals surface area contributed by atoms with Crippen LogP contribution in [-0.4, -0.2) is 43.1 Å². The Hall–Kier alpha value is -1.09. The van der Waals surface area contributed by atoms with Crippen LogP contribution in [0.1, 0.15) is 12.6 Å². The molecular formula is C12H19N3. The summed E-state index contributed by atoms with van der Waals surface area (Å²) in [6, 6.07) is 4.32. The van der Waals surface area contributed by atoms with Gasteiger partial charge in [0, 0.05) is 31.9 Å². The zero-order chi connectivity index (χ0) is 10.7. The molecule has 0 spiro atoms. The topological polar surface area (TPSA) is 19.4 Å². The summed E-state index contributed by atoms with van der Waals surface area (Å²) in [5.74, 6) is 0. The summed E-state index contributed by atoms with van der Waals surface area (Å²) in [6.07, 6.45) is 3.02. The molecule has 82 valence electrons. The van der Waals surface area contributed by atoms with Crippen LogP contribution in [0.15, 0.2) is 18.3 Å². The second-order valence-corrected chi connectivity index (χ2v) is 4.15. The van der Waals surface area contributed by atoms with Gasteiger partial charge in [-0.15, -0.1) is 0 Å². The number of hydrogen-bond acceptors (Lipinski definition) is 3. The largest absolute Gasteiger partial charge is 0.368 e. The quantitative estimate of drug-likeness (QED) is 0.727. The van der Waals surface area contributed by atoms with Crippen molar-refractivity contribution in [3.8, 4) is 0 Å². The molecule has 3 nitrogen and oxygen atoms in total. The average Bonchev–Trinajstić information content (AvgIpc) is 2.30. The van der Waals surface area contributed by atoms with Crippen molar-refractivity contribution in [1.82, 2.24) is 9.88 Å². The normalized spacial score (nSPS) is 18.1. The van der Waals surface area contributed by atoms with Crippen molar-refractivity contribution in [2.24, 2.45) is 0 Å². The van der Waals surface area contributed by atoms with Gasteiger partial charge in [0.05, 0.1) is 11.9 Å². The number of aryl methyl sites for hydroxylation is 1. The Kier molecular flexibility index (Phi) is 3.21. The van der Waals surface area contributed by atoms with Crippen molar-refractivity contribution in [3.05, 3.63) is 24.0 Å². The molecule has 1 saturated heterocycles. The fraction of sp³-hybridized carbons (Fsp3) is 0.583. The van der Waals surface area contributed by atoms with Gasteiger partial charge in [0.25, 0.3) is 0 Å². The van der Waals surface area contributed by atoms with E-state index in [-0.39, 0.29) is 0 Å². The molecule has 1 aromatic heterocycles. The van der Waals surface area contributed by atoms with Crippen molar-refractivity contribution in [2.75, 3.05) is 38.1 Å². The van der Waals surface area contributed by atoms with Gasteiger partial charge in [0.15, 0.2) is 0 Å². The smallest absolute Gasteiger partial charge is 0.0553 e. The van der Waals surface area contributed by atoms with Crippen LogP contribution in [0, 0.1) is 0 Å². The van der Waals surface area contributed by atoms with E-state index in [1.807, 2.05) is 6.20 Å². The van der Waals surface area contributed by atoms with Crippen LogP contribution in [0.2, 0.25) is 0 Å². The Morgan fingerprint density at radius 2 is 1.93 bits per heavy atom. The van der Waals surface area contributed by atoms with Gasteiger partial charge in [-0.2, -0.15) is 0 Å². The van der Waals surface area contributed by atoms with Gasteiger partial charge < -0.3 is 9.80 Å². The molecule has 15 heavy (non-hydrogen) atoms. The predicted molar refractivity (Wildman–Crippen MR) is 63.3 cm³/mol. The highest BCUT2D eigenvalue weighted by atomic mass is 15.2. The Labute approximate surface area is 91.7 Å². The maximum atomic E-state index is 4.44. The van der Waals surface area contributed by atoms with Crippen LogP contribution in [0.5, 0.6) is 0 Å².